The molecule has 3 rings (SSSR count). The molecule has 0 bridgehead atoms. The summed E-state index contributed by atoms with van der Waals surface area (Å²) in [5.74, 6) is 0. The first-order valence-electron chi connectivity index (χ1n) is 5.75. The van der Waals surface area contributed by atoms with Crippen molar-refractivity contribution in [1.29, 1.82) is 0 Å². The minimum absolute atomic E-state index is 0.533. The van der Waals surface area contributed by atoms with Crippen LogP contribution in [0.25, 0.3) is 21.3 Å². The molecule has 0 spiro atoms. The van der Waals surface area contributed by atoms with Gasteiger partial charge in [-0.3, -0.25) is 0 Å². The first-order valence-corrected chi connectivity index (χ1v) is 8.23. The monoisotopic (exact) mass is 306 g/mol. The summed E-state index contributed by atoms with van der Waals surface area (Å²) in [6.45, 7) is 2.08. The average Bonchev–Trinajstić information content (AvgIpc) is 2.84. The van der Waals surface area contributed by atoms with Gasteiger partial charge in [-0.25, -0.2) is 9.97 Å². The standard InChI is InChI=1S/C14H11ClN2S2/c1-8-3-5-9(6-4-8)10-7-19-13-11(10)12(15)16-14(17-13)18-2/h3-7H,1-2H3. The largest absolute Gasteiger partial charge is 0.211 e. The molecule has 3 aromatic rings. The van der Waals surface area contributed by atoms with Gasteiger partial charge in [-0.15, -0.1) is 11.3 Å². The highest BCUT2D eigenvalue weighted by molar-refractivity contribution is 7.98. The molecule has 0 aliphatic rings. The predicted octanol–water partition coefficient (Wildman–Crippen LogP) is 5.04. The molecule has 96 valence electrons. The highest BCUT2D eigenvalue weighted by Crippen LogP contribution is 2.37. The van der Waals surface area contributed by atoms with E-state index in [0.717, 1.165) is 26.5 Å². The Balaban J connectivity index is 2.23. The summed E-state index contributed by atoms with van der Waals surface area (Å²) >= 11 is 9.42. The number of halogens is 1. The van der Waals surface area contributed by atoms with E-state index in [9.17, 15) is 0 Å². The molecule has 0 aliphatic carbocycles. The molecule has 0 unspecified atom stereocenters. The van der Waals surface area contributed by atoms with Gasteiger partial charge in [-0.05, 0) is 18.7 Å². The van der Waals surface area contributed by atoms with Crippen molar-refractivity contribution < 1.29 is 0 Å². The maximum Gasteiger partial charge on any atom is 0.190 e. The maximum absolute atomic E-state index is 6.31. The van der Waals surface area contributed by atoms with Crippen molar-refractivity contribution in [2.24, 2.45) is 0 Å². The number of hydrogen-bond acceptors (Lipinski definition) is 4. The van der Waals surface area contributed by atoms with Crippen molar-refractivity contribution in [3.63, 3.8) is 0 Å². The molecular formula is C14H11ClN2S2. The van der Waals surface area contributed by atoms with Gasteiger partial charge in [-0.2, -0.15) is 0 Å². The van der Waals surface area contributed by atoms with Gasteiger partial charge in [-0.1, -0.05) is 53.2 Å². The van der Waals surface area contributed by atoms with Crippen LogP contribution in [-0.4, -0.2) is 16.2 Å². The summed E-state index contributed by atoms with van der Waals surface area (Å²) in [4.78, 5) is 9.77. The third-order valence-corrected chi connectivity index (χ3v) is 4.61. The summed E-state index contributed by atoms with van der Waals surface area (Å²) in [6, 6.07) is 8.42. The number of fused-ring (bicyclic) bond motifs is 1. The summed E-state index contributed by atoms with van der Waals surface area (Å²) in [5, 5.41) is 4.30. The van der Waals surface area contributed by atoms with Gasteiger partial charge >= 0.3 is 0 Å². The zero-order valence-corrected chi connectivity index (χ0v) is 12.9. The number of aromatic nitrogens is 2. The predicted molar refractivity (Wildman–Crippen MR) is 84.4 cm³/mol. The normalized spacial score (nSPS) is 11.1. The first-order chi connectivity index (χ1) is 9.19. The lowest BCUT2D eigenvalue weighted by molar-refractivity contribution is 1.01. The Morgan fingerprint density at radius 3 is 2.58 bits per heavy atom. The number of benzene rings is 1. The Hall–Kier alpha value is -1.10. The Labute approximate surface area is 124 Å². The van der Waals surface area contributed by atoms with E-state index in [2.05, 4.69) is 46.5 Å². The number of nitrogens with zero attached hydrogens (tertiary/aromatic N) is 2. The highest BCUT2D eigenvalue weighted by atomic mass is 35.5. The van der Waals surface area contributed by atoms with Crippen LogP contribution in [0.4, 0.5) is 0 Å². The van der Waals surface area contributed by atoms with Crippen molar-refractivity contribution in [3.8, 4) is 11.1 Å². The Bertz CT molecular complexity index is 735. The fraction of sp³-hybridized carbons (Fsp3) is 0.143. The second-order valence-electron chi connectivity index (χ2n) is 4.20. The van der Waals surface area contributed by atoms with E-state index < -0.39 is 0 Å². The third-order valence-electron chi connectivity index (χ3n) is 2.91. The fourth-order valence-electron chi connectivity index (χ4n) is 1.92. The first kappa shape index (κ1) is 12.9. The van der Waals surface area contributed by atoms with E-state index in [0.29, 0.717) is 5.15 Å². The van der Waals surface area contributed by atoms with Crippen molar-refractivity contribution in [2.75, 3.05) is 6.26 Å². The fourth-order valence-corrected chi connectivity index (χ4v) is 3.67. The number of thioether (sulfide) groups is 1. The molecule has 0 N–H and O–H groups in total. The van der Waals surface area contributed by atoms with Crippen LogP contribution in [0.5, 0.6) is 0 Å². The van der Waals surface area contributed by atoms with Crippen molar-refractivity contribution in [3.05, 3.63) is 40.4 Å². The molecule has 0 saturated heterocycles. The molecule has 2 heterocycles. The number of rotatable bonds is 2. The molecule has 5 heteroatoms. The molecule has 0 aliphatic heterocycles. The molecule has 1 aromatic carbocycles. The van der Waals surface area contributed by atoms with Gasteiger partial charge in [0.2, 0.25) is 0 Å². The van der Waals surface area contributed by atoms with Gasteiger partial charge in [0, 0.05) is 10.9 Å². The van der Waals surface area contributed by atoms with Crippen molar-refractivity contribution in [2.45, 2.75) is 12.1 Å². The van der Waals surface area contributed by atoms with Crippen molar-refractivity contribution >= 4 is 44.9 Å². The van der Waals surface area contributed by atoms with Gasteiger partial charge < -0.3 is 0 Å². The van der Waals surface area contributed by atoms with Crippen LogP contribution in [-0.2, 0) is 0 Å². The Kier molecular flexibility index (Phi) is 3.48. The van der Waals surface area contributed by atoms with Crippen LogP contribution in [0.2, 0.25) is 5.15 Å². The molecule has 0 atom stereocenters. The zero-order chi connectivity index (χ0) is 13.4. The summed E-state index contributed by atoms with van der Waals surface area (Å²) in [5.41, 5.74) is 3.51. The van der Waals surface area contributed by atoms with Crippen LogP contribution in [0.1, 0.15) is 5.56 Å². The minimum Gasteiger partial charge on any atom is -0.211 e. The molecule has 0 amide bonds. The molecule has 0 saturated carbocycles. The topological polar surface area (TPSA) is 25.8 Å². The SMILES string of the molecule is CSc1nc(Cl)c2c(-c3ccc(C)cc3)csc2n1. The van der Waals surface area contributed by atoms with Crippen LogP contribution in [0, 0.1) is 6.92 Å². The van der Waals surface area contributed by atoms with Gasteiger partial charge in [0.1, 0.15) is 9.98 Å². The lowest BCUT2D eigenvalue weighted by atomic mass is 10.1. The van der Waals surface area contributed by atoms with E-state index in [1.807, 2.05) is 6.26 Å². The Morgan fingerprint density at radius 1 is 1.16 bits per heavy atom. The van der Waals surface area contributed by atoms with E-state index in [4.69, 9.17) is 11.6 Å². The van der Waals surface area contributed by atoms with Crippen molar-refractivity contribution in [1.82, 2.24) is 9.97 Å². The molecule has 0 radical (unpaired) electrons. The van der Waals surface area contributed by atoms with Crippen LogP contribution < -0.4 is 0 Å². The average molecular weight is 307 g/mol. The zero-order valence-electron chi connectivity index (χ0n) is 10.5. The van der Waals surface area contributed by atoms with Crippen LogP contribution in [0.15, 0.2) is 34.8 Å². The van der Waals surface area contributed by atoms with E-state index in [-0.39, 0.29) is 0 Å². The smallest absolute Gasteiger partial charge is 0.190 e. The number of aryl methyl sites for hydroxylation is 1. The van der Waals surface area contributed by atoms with E-state index >= 15 is 0 Å². The van der Waals surface area contributed by atoms with Gasteiger partial charge in [0.15, 0.2) is 5.16 Å². The maximum atomic E-state index is 6.31. The lowest BCUT2D eigenvalue weighted by Gasteiger charge is -2.03. The molecule has 0 fully saturated rings. The van der Waals surface area contributed by atoms with Crippen LogP contribution in [0.3, 0.4) is 0 Å². The van der Waals surface area contributed by atoms with Crippen LogP contribution >= 0.6 is 34.7 Å². The van der Waals surface area contributed by atoms with E-state index in [1.54, 1.807) is 11.3 Å². The quantitative estimate of drug-likeness (QED) is 0.377. The summed E-state index contributed by atoms with van der Waals surface area (Å²) in [6.07, 6.45) is 1.95. The van der Waals surface area contributed by atoms with E-state index in [1.165, 1.54) is 17.3 Å². The summed E-state index contributed by atoms with van der Waals surface area (Å²) in [7, 11) is 0. The minimum atomic E-state index is 0.533. The molecule has 2 aromatic heterocycles. The summed E-state index contributed by atoms with van der Waals surface area (Å²) < 4.78 is 0. The third kappa shape index (κ3) is 2.36. The Morgan fingerprint density at radius 2 is 1.89 bits per heavy atom. The highest BCUT2D eigenvalue weighted by Gasteiger charge is 2.13. The molecular weight excluding hydrogens is 296 g/mol. The number of hydrogen-bond donors (Lipinski definition) is 0. The molecule has 19 heavy (non-hydrogen) atoms. The second kappa shape index (κ2) is 5.12. The number of thiophene rings is 1. The molecule has 2 nitrogen and oxygen atoms in total. The second-order valence-corrected chi connectivity index (χ2v) is 6.19. The lowest BCUT2D eigenvalue weighted by Crippen LogP contribution is -1.87. The van der Waals surface area contributed by atoms with Gasteiger partial charge in [0.05, 0.1) is 5.39 Å². The van der Waals surface area contributed by atoms with Gasteiger partial charge in [0.25, 0.3) is 0 Å².